The smallest absolute Gasteiger partial charge is 0.198 e. The average molecular weight is 322 g/mol. The fourth-order valence-electron chi connectivity index (χ4n) is 3.08. The van der Waals surface area contributed by atoms with Crippen molar-refractivity contribution in [2.75, 3.05) is 14.2 Å². The Morgan fingerprint density at radius 3 is 2.17 bits per heavy atom. The highest BCUT2D eigenvalue weighted by atomic mass is 16.8. The summed E-state index contributed by atoms with van der Waals surface area (Å²) in [7, 11) is 3.15. The number of rotatable bonds is 5. The lowest BCUT2D eigenvalue weighted by atomic mass is 9.92. The molecule has 1 saturated heterocycles. The summed E-state index contributed by atoms with van der Waals surface area (Å²) >= 11 is 0. The van der Waals surface area contributed by atoms with E-state index in [2.05, 4.69) is 0 Å². The summed E-state index contributed by atoms with van der Waals surface area (Å²) in [5.74, 6) is 0.254. The van der Waals surface area contributed by atoms with Crippen LogP contribution in [0.4, 0.5) is 0 Å². The van der Waals surface area contributed by atoms with Crippen molar-refractivity contribution in [3.8, 4) is 11.5 Å². The van der Waals surface area contributed by atoms with Gasteiger partial charge in [0.25, 0.3) is 0 Å². The molecule has 0 aliphatic carbocycles. The number of carbonyl (C=O) groups excluding carboxylic acids is 1. The first-order valence-corrected chi connectivity index (χ1v) is 7.82. The van der Waals surface area contributed by atoms with Crippen LogP contribution in [0.5, 0.6) is 11.5 Å². The van der Waals surface area contributed by atoms with Crippen LogP contribution >= 0.6 is 0 Å². The molecule has 1 atom stereocenters. The maximum atomic E-state index is 13.1. The highest BCUT2D eigenvalue weighted by molar-refractivity contribution is 6.03. The minimum Gasteiger partial charge on any atom is -0.496 e. The zero-order valence-electron chi connectivity index (χ0n) is 15.0. The molecule has 5 heteroatoms. The predicted octanol–water partition coefficient (Wildman–Crippen LogP) is 3.38. The third-order valence-corrected chi connectivity index (χ3v) is 4.03. The van der Waals surface area contributed by atoms with Crippen molar-refractivity contribution in [1.29, 1.82) is 0 Å². The van der Waals surface area contributed by atoms with Gasteiger partial charge >= 0.3 is 0 Å². The van der Waals surface area contributed by atoms with Gasteiger partial charge in [0.15, 0.2) is 17.7 Å². The zero-order chi connectivity index (χ0) is 17.4. The molecule has 5 nitrogen and oxygen atoms in total. The van der Waals surface area contributed by atoms with Gasteiger partial charge in [-0.25, -0.2) is 0 Å². The lowest BCUT2D eigenvalue weighted by Crippen LogP contribution is -2.39. The Kier molecular flexibility index (Phi) is 4.74. The van der Waals surface area contributed by atoms with Gasteiger partial charge < -0.3 is 18.9 Å². The van der Waals surface area contributed by atoms with Gasteiger partial charge in [-0.15, -0.1) is 0 Å². The SMILES string of the molecule is CCc1cc(C(=O)C2OC(C)(C)OC2(C)C)c(OC)cc1OC. The average Bonchev–Trinajstić information content (AvgIpc) is 2.72. The molecule has 1 aliphatic rings. The quantitative estimate of drug-likeness (QED) is 0.778. The molecule has 1 aliphatic heterocycles. The van der Waals surface area contributed by atoms with E-state index >= 15 is 0 Å². The van der Waals surface area contributed by atoms with Crippen LogP contribution in [-0.4, -0.2) is 37.5 Å². The lowest BCUT2D eigenvalue weighted by Gasteiger charge is -2.24. The summed E-state index contributed by atoms with van der Waals surface area (Å²) in [6.07, 6.45) is 0.0640. The van der Waals surface area contributed by atoms with Crippen LogP contribution in [0.3, 0.4) is 0 Å². The van der Waals surface area contributed by atoms with Crippen LogP contribution in [0.2, 0.25) is 0 Å². The van der Waals surface area contributed by atoms with Gasteiger partial charge in [-0.2, -0.15) is 0 Å². The number of methoxy groups -OCH3 is 2. The predicted molar refractivity (Wildman–Crippen MR) is 87.4 cm³/mol. The van der Waals surface area contributed by atoms with Gasteiger partial charge in [-0.3, -0.25) is 4.79 Å². The van der Waals surface area contributed by atoms with E-state index in [0.29, 0.717) is 17.1 Å². The molecule has 1 aromatic carbocycles. The maximum Gasteiger partial charge on any atom is 0.198 e. The van der Waals surface area contributed by atoms with Crippen LogP contribution in [0.25, 0.3) is 0 Å². The molecule has 2 rings (SSSR count). The summed E-state index contributed by atoms with van der Waals surface area (Å²) in [5.41, 5.74) is 0.731. The second-order valence-corrected chi connectivity index (χ2v) is 6.69. The Balaban J connectivity index is 2.47. The second kappa shape index (κ2) is 6.13. The second-order valence-electron chi connectivity index (χ2n) is 6.69. The minimum atomic E-state index is -0.795. The summed E-state index contributed by atoms with van der Waals surface area (Å²) < 4.78 is 22.5. The Morgan fingerprint density at radius 2 is 1.74 bits per heavy atom. The molecule has 0 saturated carbocycles. The number of aryl methyl sites for hydroxylation is 1. The molecular formula is C18H26O5. The lowest BCUT2D eigenvalue weighted by molar-refractivity contribution is -0.155. The molecule has 0 N–H and O–H groups in total. The van der Waals surface area contributed by atoms with E-state index in [-0.39, 0.29) is 5.78 Å². The fraction of sp³-hybridized carbons (Fsp3) is 0.611. The normalized spacial score (nSPS) is 22.0. The number of hydrogen-bond donors (Lipinski definition) is 0. The maximum absolute atomic E-state index is 13.1. The molecule has 1 fully saturated rings. The van der Waals surface area contributed by atoms with Gasteiger partial charge in [-0.1, -0.05) is 6.92 Å². The number of benzene rings is 1. The third kappa shape index (κ3) is 3.35. The first-order chi connectivity index (χ1) is 10.6. The Labute approximate surface area is 137 Å². The largest absolute Gasteiger partial charge is 0.496 e. The minimum absolute atomic E-state index is 0.144. The molecule has 0 amide bonds. The van der Waals surface area contributed by atoms with Gasteiger partial charge in [0, 0.05) is 6.07 Å². The highest BCUT2D eigenvalue weighted by Gasteiger charge is 2.51. The van der Waals surface area contributed by atoms with Crippen molar-refractivity contribution in [3.63, 3.8) is 0 Å². The zero-order valence-corrected chi connectivity index (χ0v) is 15.0. The molecular weight excluding hydrogens is 296 g/mol. The first-order valence-electron chi connectivity index (χ1n) is 7.82. The highest BCUT2D eigenvalue weighted by Crippen LogP contribution is 2.39. The number of Topliss-reactive ketones (excluding diaryl/α,β-unsaturated/α-hetero) is 1. The Bertz CT molecular complexity index is 604. The standard InChI is InChI=1S/C18H26O5/c1-8-11-9-12(14(21-7)10-13(11)20-6)15(19)16-17(2,3)23-18(4,5)22-16/h9-10,16H,8H2,1-7H3. The molecule has 1 unspecified atom stereocenters. The van der Waals surface area contributed by atoms with Crippen LogP contribution in [0.1, 0.15) is 50.5 Å². The van der Waals surface area contributed by atoms with Crippen LogP contribution < -0.4 is 9.47 Å². The summed E-state index contributed by atoms with van der Waals surface area (Å²) in [5, 5.41) is 0. The van der Waals surface area contributed by atoms with E-state index in [1.165, 1.54) is 7.11 Å². The first kappa shape index (κ1) is 17.8. The van der Waals surface area contributed by atoms with Crippen LogP contribution in [0.15, 0.2) is 12.1 Å². The molecule has 23 heavy (non-hydrogen) atoms. The van der Waals surface area contributed by atoms with Crippen LogP contribution in [0, 0.1) is 0 Å². The number of ether oxygens (including phenoxy) is 4. The topological polar surface area (TPSA) is 54.0 Å². The van der Waals surface area contributed by atoms with E-state index in [1.807, 2.05) is 40.7 Å². The van der Waals surface area contributed by atoms with Crippen molar-refractivity contribution < 1.29 is 23.7 Å². The Hall–Kier alpha value is -1.59. The molecule has 0 aromatic heterocycles. The van der Waals surface area contributed by atoms with Gasteiger partial charge in [0.1, 0.15) is 11.5 Å². The van der Waals surface area contributed by atoms with E-state index in [1.54, 1.807) is 13.2 Å². The molecule has 1 heterocycles. The monoisotopic (exact) mass is 322 g/mol. The molecule has 1 aromatic rings. The van der Waals surface area contributed by atoms with E-state index in [9.17, 15) is 4.79 Å². The van der Waals surface area contributed by atoms with Crippen LogP contribution in [-0.2, 0) is 15.9 Å². The number of carbonyl (C=O) groups is 1. The van der Waals surface area contributed by atoms with Crippen molar-refractivity contribution >= 4 is 5.78 Å². The van der Waals surface area contributed by atoms with Gasteiger partial charge in [-0.05, 0) is 45.7 Å². The van der Waals surface area contributed by atoms with Crippen molar-refractivity contribution in [3.05, 3.63) is 23.3 Å². The van der Waals surface area contributed by atoms with Crippen molar-refractivity contribution in [2.24, 2.45) is 0 Å². The summed E-state index contributed by atoms with van der Waals surface area (Å²) in [6.45, 7) is 9.36. The number of ketones is 1. The molecule has 128 valence electrons. The summed E-state index contributed by atoms with van der Waals surface area (Å²) in [4.78, 5) is 13.1. The van der Waals surface area contributed by atoms with Gasteiger partial charge in [0.05, 0.1) is 25.4 Å². The third-order valence-electron chi connectivity index (χ3n) is 4.03. The fourth-order valence-corrected chi connectivity index (χ4v) is 3.08. The van der Waals surface area contributed by atoms with E-state index in [0.717, 1.165) is 12.0 Å². The molecule has 0 radical (unpaired) electrons. The van der Waals surface area contributed by atoms with Crippen molar-refractivity contribution in [2.45, 2.75) is 58.5 Å². The van der Waals surface area contributed by atoms with Gasteiger partial charge in [0.2, 0.25) is 0 Å². The summed E-state index contributed by atoms with van der Waals surface area (Å²) in [6, 6.07) is 3.57. The number of hydrogen-bond acceptors (Lipinski definition) is 5. The Morgan fingerprint density at radius 1 is 1.13 bits per heavy atom. The van der Waals surface area contributed by atoms with E-state index in [4.69, 9.17) is 18.9 Å². The van der Waals surface area contributed by atoms with Crippen molar-refractivity contribution in [1.82, 2.24) is 0 Å². The molecule has 0 spiro atoms. The molecule has 0 bridgehead atoms. The van der Waals surface area contributed by atoms with E-state index < -0.39 is 17.5 Å².